The van der Waals surface area contributed by atoms with Crippen molar-refractivity contribution in [2.24, 2.45) is 5.89 Å². The van der Waals surface area contributed by atoms with Crippen LogP contribution in [0.4, 0.5) is 5.13 Å². The number of aromatic nitrogens is 1. The smallest absolute Gasteiger partial charge is 0.398 e. The van der Waals surface area contributed by atoms with Gasteiger partial charge in [0.05, 0.1) is 16.8 Å². The highest BCUT2D eigenvalue weighted by Gasteiger charge is 2.53. The maximum absolute atomic E-state index is 8.45. The lowest BCUT2D eigenvalue weighted by Crippen LogP contribution is -2.41. The van der Waals surface area contributed by atoms with Gasteiger partial charge in [0.2, 0.25) is 0 Å². The molecule has 1 aromatic rings. The molecule has 1 aromatic heterocycles. The SMILES string of the molecule is [2H]C([2H])([2H])C1([2H])C([2H])([2H])C([2H])([2H])N(c2nc(B3OC(C)(C)C(C)(C)O3)c(C)s2)C([2H])([2H])C1([2H])[2H]. The molecule has 3 rings (SSSR count). The monoisotopic (exact) mass is 334 g/mol. The second kappa shape index (κ2) is 5.50. The maximum Gasteiger partial charge on any atom is 0.515 e. The van der Waals surface area contributed by atoms with Gasteiger partial charge >= 0.3 is 7.12 Å². The van der Waals surface area contributed by atoms with Gasteiger partial charge in [0, 0.05) is 34.3 Å². The van der Waals surface area contributed by atoms with Crippen molar-refractivity contribution < 1.29 is 25.8 Å². The predicted octanol–water partition coefficient (Wildman–Crippen LogP) is 2.99. The quantitative estimate of drug-likeness (QED) is 0.779. The van der Waals surface area contributed by atoms with Crippen molar-refractivity contribution in [1.82, 2.24) is 4.98 Å². The van der Waals surface area contributed by atoms with E-state index in [9.17, 15) is 0 Å². The fourth-order valence-electron chi connectivity index (χ4n) is 2.04. The second-order valence-corrected chi connectivity index (χ2v) is 7.39. The van der Waals surface area contributed by atoms with Crippen molar-refractivity contribution >= 4 is 29.2 Å². The largest absolute Gasteiger partial charge is 0.515 e. The van der Waals surface area contributed by atoms with Crippen molar-refractivity contribution in [1.29, 1.82) is 0 Å². The Bertz CT molecular complexity index is 949. The van der Waals surface area contributed by atoms with Gasteiger partial charge in [0.1, 0.15) is 0 Å². The Hall–Kier alpha value is -0.585. The topological polar surface area (TPSA) is 34.6 Å². The second-order valence-electron chi connectivity index (χ2n) is 6.21. The first-order valence-electron chi connectivity index (χ1n) is 12.9. The van der Waals surface area contributed by atoms with E-state index in [0.29, 0.717) is 4.88 Å². The van der Waals surface area contributed by atoms with Crippen LogP contribution in [0, 0.1) is 12.8 Å². The van der Waals surface area contributed by atoms with Gasteiger partial charge in [0.25, 0.3) is 0 Å². The van der Waals surface area contributed by atoms with Crippen LogP contribution < -0.4 is 10.5 Å². The van der Waals surface area contributed by atoms with Gasteiger partial charge in [0.15, 0.2) is 5.13 Å². The average molecular weight is 334 g/mol. The van der Waals surface area contributed by atoms with Crippen molar-refractivity contribution in [3.63, 3.8) is 0 Å². The van der Waals surface area contributed by atoms with E-state index in [4.69, 9.17) is 25.8 Å². The first-order chi connectivity index (χ1) is 14.8. The molecular formula is C16H27BN2O2S. The van der Waals surface area contributed by atoms with Crippen LogP contribution in [0.15, 0.2) is 0 Å². The number of hydrogen-bond acceptors (Lipinski definition) is 5. The fourth-order valence-corrected chi connectivity index (χ4v) is 2.89. The van der Waals surface area contributed by atoms with Crippen LogP contribution in [0.1, 0.15) is 68.6 Å². The number of aryl methyl sites for hydroxylation is 1. The van der Waals surface area contributed by atoms with Crippen LogP contribution in [0.5, 0.6) is 0 Å². The molecule has 0 atom stereocenters. The minimum Gasteiger partial charge on any atom is -0.398 e. The summed E-state index contributed by atoms with van der Waals surface area (Å²) < 4.78 is 110. The van der Waals surface area contributed by atoms with E-state index in [0.717, 1.165) is 11.3 Å². The summed E-state index contributed by atoms with van der Waals surface area (Å²) in [6.45, 7) is -1.82. The molecule has 4 nitrogen and oxygen atoms in total. The van der Waals surface area contributed by atoms with Gasteiger partial charge in [-0.3, -0.25) is 0 Å². The standard InChI is InChI=1S/C16H27BN2O2S/c1-11-7-9-19(10-8-11)14-18-13(12(2)22-14)17-20-15(3,4)16(5,6)21-17/h11H,7-10H2,1-6H3/i1D3,7D2,8D2,9D2,10D2,11D. The van der Waals surface area contributed by atoms with E-state index >= 15 is 0 Å². The van der Waals surface area contributed by atoms with E-state index in [2.05, 4.69) is 4.98 Å². The molecule has 3 heterocycles. The van der Waals surface area contributed by atoms with Crippen molar-refractivity contribution in [3.05, 3.63) is 4.88 Å². The predicted molar refractivity (Wildman–Crippen MR) is 93.2 cm³/mol. The first-order valence-corrected chi connectivity index (χ1v) is 7.76. The summed E-state index contributed by atoms with van der Waals surface area (Å²) in [5, 5.41) is -0.433. The number of anilines is 1. The molecule has 2 fully saturated rings. The molecule has 0 unspecified atom stereocenters. The van der Waals surface area contributed by atoms with E-state index in [1.54, 1.807) is 6.92 Å². The van der Waals surface area contributed by atoms with E-state index < -0.39 is 61.9 Å². The summed E-state index contributed by atoms with van der Waals surface area (Å²) in [6, 6.07) is 0. The van der Waals surface area contributed by atoms with Crippen LogP contribution in [0.2, 0.25) is 0 Å². The highest BCUT2D eigenvalue weighted by molar-refractivity contribution is 7.16. The lowest BCUT2D eigenvalue weighted by Gasteiger charge is -2.32. The normalized spacial score (nSPS) is 44.2. The number of nitrogens with zero attached hydrogens (tertiary/aromatic N) is 2. The molecule has 0 spiro atoms. The van der Waals surface area contributed by atoms with Gasteiger partial charge in [-0.2, -0.15) is 0 Å². The summed E-state index contributed by atoms with van der Waals surface area (Å²) in [5.41, 5.74) is -1.28. The Balaban J connectivity index is 2.20. The Morgan fingerprint density at radius 1 is 1.32 bits per heavy atom. The van der Waals surface area contributed by atoms with Gasteiger partial charge in [-0.1, -0.05) is 6.85 Å². The summed E-state index contributed by atoms with van der Waals surface area (Å²) in [4.78, 5) is 4.86. The molecule has 0 aliphatic carbocycles. The highest BCUT2D eigenvalue weighted by Crippen LogP contribution is 2.37. The molecule has 2 aliphatic rings. The third kappa shape index (κ3) is 2.81. The van der Waals surface area contributed by atoms with Crippen LogP contribution in [-0.4, -0.2) is 36.3 Å². The molecule has 2 saturated heterocycles. The third-order valence-electron chi connectivity index (χ3n) is 4.07. The minimum atomic E-state index is -3.78. The molecule has 0 aromatic carbocycles. The molecular weight excluding hydrogens is 295 g/mol. The minimum absolute atomic E-state index is 0.172. The summed E-state index contributed by atoms with van der Waals surface area (Å²) in [7, 11) is -0.998. The lowest BCUT2D eigenvalue weighted by atomic mass is 9.84. The Labute approximate surface area is 155 Å². The Morgan fingerprint density at radius 2 is 1.91 bits per heavy atom. The molecule has 0 amide bonds. The molecule has 0 saturated carbocycles. The lowest BCUT2D eigenvalue weighted by molar-refractivity contribution is 0.00578. The zero-order valence-electron chi connectivity index (χ0n) is 25.2. The molecule has 2 aliphatic heterocycles. The van der Waals surface area contributed by atoms with Crippen molar-refractivity contribution in [3.8, 4) is 0 Å². The first kappa shape index (κ1) is 7.12. The summed E-state index contributed by atoms with van der Waals surface area (Å²) in [5.74, 6) is -3.78. The van der Waals surface area contributed by atoms with Gasteiger partial charge in [-0.05, 0) is 53.3 Å². The van der Waals surface area contributed by atoms with Gasteiger partial charge in [-0.25, -0.2) is 4.98 Å². The zero-order chi connectivity index (χ0) is 26.7. The van der Waals surface area contributed by atoms with Crippen LogP contribution in [-0.2, 0) is 9.31 Å². The third-order valence-corrected chi connectivity index (χ3v) is 5.05. The van der Waals surface area contributed by atoms with E-state index in [-0.39, 0.29) is 10.5 Å². The Kier molecular flexibility index (Phi) is 1.78. The molecule has 0 radical (unpaired) electrons. The number of piperidine rings is 1. The average Bonchev–Trinajstić information content (AvgIpc) is 3.07. The number of hydrogen-bond donors (Lipinski definition) is 0. The maximum atomic E-state index is 8.45. The van der Waals surface area contributed by atoms with Gasteiger partial charge < -0.3 is 14.2 Å². The zero-order valence-corrected chi connectivity index (χ0v) is 14.0. The van der Waals surface area contributed by atoms with Crippen LogP contribution in [0.25, 0.3) is 0 Å². The molecule has 122 valence electrons. The number of thiazole rings is 1. The summed E-state index contributed by atoms with van der Waals surface area (Å²) in [6.07, 6.45) is -7.38. The Morgan fingerprint density at radius 3 is 2.45 bits per heavy atom. The number of rotatable bonds is 2. The van der Waals surface area contributed by atoms with Gasteiger partial charge in [-0.15, -0.1) is 11.3 Å². The van der Waals surface area contributed by atoms with E-state index in [1.165, 1.54) is 0 Å². The molecule has 22 heavy (non-hydrogen) atoms. The van der Waals surface area contributed by atoms with E-state index in [1.807, 2.05) is 27.7 Å². The van der Waals surface area contributed by atoms with Crippen LogP contribution >= 0.6 is 11.3 Å². The summed E-state index contributed by atoms with van der Waals surface area (Å²) >= 11 is 0.761. The molecule has 0 bridgehead atoms. The molecule has 6 heteroatoms. The fraction of sp³-hybridized carbons (Fsp3) is 0.812. The van der Waals surface area contributed by atoms with Crippen LogP contribution in [0.3, 0.4) is 0 Å². The van der Waals surface area contributed by atoms with Crippen molar-refractivity contribution in [2.75, 3.05) is 17.9 Å². The highest BCUT2D eigenvalue weighted by atomic mass is 32.1. The van der Waals surface area contributed by atoms with Crippen molar-refractivity contribution in [2.45, 2.75) is 65.4 Å². The molecule has 0 N–H and O–H groups in total.